The van der Waals surface area contributed by atoms with E-state index in [9.17, 15) is 4.79 Å². The SMILES string of the molecule is CC(=O)N(C)Cc1ccc(-c2csc(-c3cccc(Br)c3)n2)cc1. The molecular formula is C19H17BrN2OS. The molecule has 0 aliphatic heterocycles. The minimum absolute atomic E-state index is 0.0669. The van der Waals surface area contributed by atoms with Crippen molar-refractivity contribution in [2.24, 2.45) is 0 Å². The van der Waals surface area contributed by atoms with E-state index in [-0.39, 0.29) is 5.91 Å². The maximum absolute atomic E-state index is 11.3. The molecule has 24 heavy (non-hydrogen) atoms. The zero-order chi connectivity index (χ0) is 17.1. The molecule has 0 unspecified atom stereocenters. The van der Waals surface area contributed by atoms with Crippen LogP contribution in [0.25, 0.3) is 21.8 Å². The van der Waals surface area contributed by atoms with Crippen LogP contribution in [0.5, 0.6) is 0 Å². The Bertz CT molecular complexity index is 858. The third kappa shape index (κ3) is 3.91. The van der Waals surface area contributed by atoms with Crippen molar-refractivity contribution in [2.75, 3.05) is 7.05 Å². The first-order valence-corrected chi connectivity index (χ1v) is 9.22. The standard InChI is InChI=1S/C19H17BrN2OS/c1-13(23)22(2)11-14-6-8-15(9-7-14)18-12-24-19(21-18)16-4-3-5-17(20)10-16/h3-10,12H,11H2,1-2H3. The summed E-state index contributed by atoms with van der Waals surface area (Å²) in [6, 6.07) is 16.4. The average molecular weight is 401 g/mol. The molecule has 0 fully saturated rings. The predicted octanol–water partition coefficient (Wildman–Crippen LogP) is 5.22. The Labute approximate surface area is 154 Å². The maximum atomic E-state index is 11.3. The summed E-state index contributed by atoms with van der Waals surface area (Å²) in [5, 5.41) is 3.08. The molecule has 0 spiro atoms. The summed E-state index contributed by atoms with van der Waals surface area (Å²) in [5.74, 6) is 0.0669. The van der Waals surface area contributed by atoms with E-state index in [0.717, 1.165) is 31.9 Å². The molecule has 3 rings (SSSR count). The van der Waals surface area contributed by atoms with E-state index in [1.54, 1.807) is 30.2 Å². The molecule has 1 amide bonds. The Hall–Kier alpha value is -1.98. The molecule has 0 N–H and O–H groups in total. The van der Waals surface area contributed by atoms with Gasteiger partial charge in [0.25, 0.3) is 0 Å². The maximum Gasteiger partial charge on any atom is 0.219 e. The highest BCUT2D eigenvalue weighted by Crippen LogP contribution is 2.30. The average Bonchev–Trinajstić information content (AvgIpc) is 3.05. The Morgan fingerprint density at radius 1 is 1.17 bits per heavy atom. The molecule has 0 aliphatic carbocycles. The molecule has 0 saturated heterocycles. The molecule has 1 aromatic heterocycles. The summed E-state index contributed by atoms with van der Waals surface area (Å²) in [6.45, 7) is 2.20. The van der Waals surface area contributed by atoms with Crippen LogP contribution in [0.4, 0.5) is 0 Å². The fraction of sp³-hybridized carbons (Fsp3) is 0.158. The van der Waals surface area contributed by atoms with Gasteiger partial charge in [0, 0.05) is 41.5 Å². The Morgan fingerprint density at radius 2 is 1.92 bits per heavy atom. The van der Waals surface area contributed by atoms with Crippen LogP contribution in [0.15, 0.2) is 58.4 Å². The lowest BCUT2D eigenvalue weighted by Crippen LogP contribution is -2.22. The van der Waals surface area contributed by atoms with Gasteiger partial charge in [-0.05, 0) is 17.7 Å². The predicted molar refractivity (Wildman–Crippen MR) is 103 cm³/mol. The summed E-state index contributed by atoms with van der Waals surface area (Å²) in [7, 11) is 1.81. The monoisotopic (exact) mass is 400 g/mol. The first-order chi connectivity index (χ1) is 11.5. The number of halogens is 1. The largest absolute Gasteiger partial charge is 0.342 e. The molecular weight excluding hydrogens is 384 g/mol. The van der Waals surface area contributed by atoms with E-state index in [2.05, 4.69) is 45.6 Å². The van der Waals surface area contributed by atoms with Crippen LogP contribution >= 0.6 is 27.3 Å². The van der Waals surface area contributed by atoms with Gasteiger partial charge >= 0.3 is 0 Å². The molecule has 3 nitrogen and oxygen atoms in total. The fourth-order valence-electron chi connectivity index (χ4n) is 2.33. The lowest BCUT2D eigenvalue weighted by atomic mass is 10.1. The van der Waals surface area contributed by atoms with Crippen molar-refractivity contribution in [1.29, 1.82) is 0 Å². The zero-order valence-corrected chi connectivity index (χ0v) is 15.9. The minimum atomic E-state index is 0.0669. The highest BCUT2D eigenvalue weighted by molar-refractivity contribution is 9.10. The van der Waals surface area contributed by atoms with Crippen molar-refractivity contribution < 1.29 is 4.79 Å². The van der Waals surface area contributed by atoms with Crippen molar-refractivity contribution >= 4 is 33.2 Å². The van der Waals surface area contributed by atoms with Crippen molar-refractivity contribution in [1.82, 2.24) is 9.88 Å². The van der Waals surface area contributed by atoms with Crippen LogP contribution in [-0.2, 0) is 11.3 Å². The van der Waals surface area contributed by atoms with Gasteiger partial charge in [0.1, 0.15) is 5.01 Å². The molecule has 5 heteroatoms. The van der Waals surface area contributed by atoms with Gasteiger partial charge in [0.05, 0.1) is 5.69 Å². The highest BCUT2D eigenvalue weighted by atomic mass is 79.9. The number of carbonyl (C=O) groups excluding carboxylic acids is 1. The van der Waals surface area contributed by atoms with Gasteiger partial charge in [0.2, 0.25) is 5.91 Å². The molecule has 0 atom stereocenters. The van der Waals surface area contributed by atoms with Crippen LogP contribution in [0, 0.1) is 0 Å². The minimum Gasteiger partial charge on any atom is -0.342 e. The number of hydrogen-bond donors (Lipinski definition) is 0. The Balaban J connectivity index is 1.79. The molecule has 0 aliphatic rings. The van der Waals surface area contributed by atoms with Gasteiger partial charge in [-0.3, -0.25) is 4.79 Å². The second kappa shape index (κ2) is 7.28. The van der Waals surface area contributed by atoms with Crippen LogP contribution in [0.2, 0.25) is 0 Å². The second-order valence-corrected chi connectivity index (χ2v) is 7.39. The van der Waals surface area contributed by atoms with Crippen LogP contribution < -0.4 is 0 Å². The van der Waals surface area contributed by atoms with Crippen molar-refractivity contribution in [2.45, 2.75) is 13.5 Å². The van der Waals surface area contributed by atoms with Gasteiger partial charge in [0.15, 0.2) is 0 Å². The smallest absolute Gasteiger partial charge is 0.219 e. The third-order valence-electron chi connectivity index (χ3n) is 3.78. The number of amides is 1. The molecule has 122 valence electrons. The normalized spacial score (nSPS) is 10.6. The number of thiazole rings is 1. The summed E-state index contributed by atoms with van der Waals surface area (Å²) >= 11 is 5.14. The lowest BCUT2D eigenvalue weighted by Gasteiger charge is -2.14. The van der Waals surface area contributed by atoms with E-state index >= 15 is 0 Å². The van der Waals surface area contributed by atoms with Crippen molar-refractivity contribution in [3.8, 4) is 21.8 Å². The number of hydrogen-bond acceptors (Lipinski definition) is 3. The van der Waals surface area contributed by atoms with E-state index in [4.69, 9.17) is 4.98 Å². The van der Waals surface area contributed by atoms with Crippen LogP contribution in [0.1, 0.15) is 12.5 Å². The van der Waals surface area contributed by atoms with Crippen LogP contribution in [0.3, 0.4) is 0 Å². The number of aromatic nitrogens is 1. The van der Waals surface area contributed by atoms with Gasteiger partial charge in [-0.2, -0.15) is 0 Å². The number of carbonyl (C=O) groups is 1. The Kier molecular flexibility index (Phi) is 5.11. The summed E-state index contributed by atoms with van der Waals surface area (Å²) in [6.07, 6.45) is 0. The van der Waals surface area contributed by atoms with Gasteiger partial charge < -0.3 is 4.90 Å². The molecule has 0 radical (unpaired) electrons. The Morgan fingerprint density at radius 3 is 2.58 bits per heavy atom. The van der Waals surface area contributed by atoms with Gasteiger partial charge in [-0.25, -0.2) is 4.98 Å². The molecule has 0 bridgehead atoms. The lowest BCUT2D eigenvalue weighted by molar-refractivity contribution is -0.128. The summed E-state index contributed by atoms with van der Waals surface area (Å²) in [5.41, 5.74) is 4.28. The zero-order valence-electron chi connectivity index (χ0n) is 13.5. The second-order valence-electron chi connectivity index (χ2n) is 5.62. The van der Waals surface area contributed by atoms with Crippen LogP contribution in [-0.4, -0.2) is 22.8 Å². The topological polar surface area (TPSA) is 33.2 Å². The van der Waals surface area contributed by atoms with Crippen molar-refractivity contribution in [3.05, 3.63) is 63.9 Å². The summed E-state index contributed by atoms with van der Waals surface area (Å²) in [4.78, 5) is 17.8. The molecule has 3 aromatic rings. The van der Waals surface area contributed by atoms with E-state index in [0.29, 0.717) is 6.54 Å². The first kappa shape index (κ1) is 16.9. The number of benzene rings is 2. The van der Waals surface area contributed by atoms with Gasteiger partial charge in [-0.15, -0.1) is 11.3 Å². The number of nitrogens with zero attached hydrogens (tertiary/aromatic N) is 2. The molecule has 2 aromatic carbocycles. The molecule has 0 saturated carbocycles. The van der Waals surface area contributed by atoms with E-state index in [1.807, 2.05) is 24.3 Å². The van der Waals surface area contributed by atoms with Crippen molar-refractivity contribution in [3.63, 3.8) is 0 Å². The van der Waals surface area contributed by atoms with E-state index < -0.39 is 0 Å². The number of rotatable bonds is 4. The van der Waals surface area contributed by atoms with E-state index in [1.165, 1.54) is 0 Å². The molecule has 1 heterocycles. The summed E-state index contributed by atoms with van der Waals surface area (Å²) < 4.78 is 1.05. The third-order valence-corrected chi connectivity index (χ3v) is 5.17. The fourth-order valence-corrected chi connectivity index (χ4v) is 3.55. The highest BCUT2D eigenvalue weighted by Gasteiger charge is 2.08. The first-order valence-electron chi connectivity index (χ1n) is 7.55. The van der Waals surface area contributed by atoms with Gasteiger partial charge in [-0.1, -0.05) is 52.3 Å². The quantitative estimate of drug-likeness (QED) is 0.601.